The van der Waals surface area contributed by atoms with E-state index >= 15 is 0 Å². The van der Waals surface area contributed by atoms with Crippen LogP contribution in [0.2, 0.25) is 0 Å². The van der Waals surface area contributed by atoms with Crippen LogP contribution in [0, 0.1) is 0 Å². The highest BCUT2D eigenvalue weighted by Crippen LogP contribution is 2.37. The maximum absolute atomic E-state index is 12.4. The Kier molecular flexibility index (Phi) is 3.42. The van der Waals surface area contributed by atoms with Gasteiger partial charge in [-0.1, -0.05) is 0 Å². The Morgan fingerprint density at radius 3 is 1.47 bits per heavy atom. The molecule has 7 heteroatoms. The largest absolute Gasteiger partial charge is 0.416 e. The lowest BCUT2D eigenvalue weighted by Gasteiger charge is -2.15. The van der Waals surface area contributed by atoms with E-state index in [1.807, 2.05) is 0 Å². The molecule has 0 aliphatic heterocycles. The normalized spacial score (nSPS) is 14.8. The molecule has 0 saturated carbocycles. The third kappa shape index (κ3) is 3.36. The van der Waals surface area contributed by atoms with Crippen LogP contribution in [-0.2, 0) is 12.4 Å². The number of alkyl halides is 6. The second-order valence-electron chi connectivity index (χ2n) is 3.63. The van der Waals surface area contributed by atoms with Crippen LogP contribution in [0.4, 0.5) is 26.3 Å². The Bertz CT molecular complexity index is 372. The van der Waals surface area contributed by atoms with E-state index in [4.69, 9.17) is 5.73 Å². The number of benzene rings is 1. The van der Waals surface area contributed by atoms with Crippen molar-refractivity contribution < 1.29 is 26.3 Å². The van der Waals surface area contributed by atoms with Crippen LogP contribution in [0.25, 0.3) is 0 Å². The van der Waals surface area contributed by atoms with Crippen molar-refractivity contribution in [2.24, 2.45) is 5.73 Å². The number of rotatable bonds is 1. The fourth-order valence-electron chi connectivity index (χ4n) is 1.24. The van der Waals surface area contributed by atoms with Crippen LogP contribution in [0.15, 0.2) is 18.2 Å². The van der Waals surface area contributed by atoms with Crippen molar-refractivity contribution in [1.29, 1.82) is 0 Å². The van der Waals surface area contributed by atoms with E-state index in [2.05, 4.69) is 0 Å². The third-order valence-electron chi connectivity index (χ3n) is 2.14. The summed E-state index contributed by atoms with van der Waals surface area (Å²) < 4.78 is 74.3. The van der Waals surface area contributed by atoms with Crippen LogP contribution in [0.1, 0.15) is 29.7 Å². The second kappa shape index (κ2) is 4.21. The first kappa shape index (κ1) is 13.8. The van der Waals surface area contributed by atoms with Crippen LogP contribution in [0.5, 0.6) is 0 Å². The van der Waals surface area contributed by atoms with Gasteiger partial charge >= 0.3 is 12.4 Å². The number of hydrogen-bond donors (Lipinski definition) is 1. The molecule has 1 aromatic rings. The Hall–Kier alpha value is -1.24. The van der Waals surface area contributed by atoms with Crippen LogP contribution >= 0.6 is 0 Å². The van der Waals surface area contributed by atoms with Gasteiger partial charge in [-0.25, -0.2) is 0 Å². The number of halogens is 6. The predicted octanol–water partition coefficient (Wildman–Crippen LogP) is 3.74. The predicted molar refractivity (Wildman–Crippen MR) is 49.0 cm³/mol. The molecule has 0 aromatic heterocycles. The third-order valence-corrected chi connectivity index (χ3v) is 2.14. The van der Waals surface area contributed by atoms with Gasteiger partial charge in [-0.2, -0.15) is 26.3 Å². The minimum absolute atomic E-state index is 0.0753. The zero-order valence-electron chi connectivity index (χ0n) is 8.65. The van der Waals surface area contributed by atoms with E-state index in [0.717, 1.165) is 0 Å². The molecule has 0 amide bonds. The Balaban J connectivity index is 3.40. The number of hydrogen-bond acceptors (Lipinski definition) is 1. The highest BCUT2D eigenvalue weighted by molar-refractivity contribution is 5.34. The van der Waals surface area contributed by atoms with Gasteiger partial charge in [-0.15, -0.1) is 0 Å². The van der Waals surface area contributed by atoms with Crippen molar-refractivity contribution in [3.05, 3.63) is 34.9 Å². The van der Waals surface area contributed by atoms with E-state index in [1.54, 1.807) is 0 Å². The minimum Gasteiger partial charge on any atom is -0.324 e. The molecule has 0 bridgehead atoms. The van der Waals surface area contributed by atoms with E-state index in [9.17, 15) is 26.3 Å². The first-order valence-corrected chi connectivity index (χ1v) is 4.57. The molecule has 1 aromatic carbocycles. The fraction of sp³-hybridized carbons (Fsp3) is 0.400. The van der Waals surface area contributed by atoms with Crippen molar-refractivity contribution in [3.8, 4) is 0 Å². The summed E-state index contributed by atoms with van der Waals surface area (Å²) in [7, 11) is 0. The van der Waals surface area contributed by atoms with Crippen molar-refractivity contribution in [2.75, 3.05) is 0 Å². The van der Waals surface area contributed by atoms with Gasteiger partial charge in [-0.3, -0.25) is 0 Å². The molecular weight excluding hydrogens is 248 g/mol. The highest BCUT2D eigenvalue weighted by atomic mass is 19.4. The topological polar surface area (TPSA) is 26.0 Å². The first-order chi connectivity index (χ1) is 7.51. The molecule has 0 heterocycles. The SMILES string of the molecule is CC(N)c1cc(C(F)(F)F)cc(C(F)(F)F)c1. The fourth-order valence-corrected chi connectivity index (χ4v) is 1.24. The lowest BCUT2D eigenvalue weighted by Crippen LogP contribution is -2.14. The summed E-state index contributed by atoms with van der Waals surface area (Å²) in [5.74, 6) is 0. The smallest absolute Gasteiger partial charge is 0.324 e. The van der Waals surface area contributed by atoms with E-state index in [1.165, 1.54) is 6.92 Å². The summed E-state index contributed by atoms with van der Waals surface area (Å²) in [6.45, 7) is 1.32. The van der Waals surface area contributed by atoms with Gasteiger partial charge in [0, 0.05) is 6.04 Å². The van der Waals surface area contributed by atoms with Gasteiger partial charge in [0.2, 0.25) is 0 Å². The molecule has 0 saturated heterocycles. The van der Waals surface area contributed by atoms with Crippen molar-refractivity contribution >= 4 is 0 Å². The molecule has 0 spiro atoms. The van der Waals surface area contributed by atoms with Crippen molar-refractivity contribution in [3.63, 3.8) is 0 Å². The quantitative estimate of drug-likeness (QED) is 0.762. The van der Waals surface area contributed by atoms with Crippen molar-refractivity contribution in [1.82, 2.24) is 0 Å². The van der Waals surface area contributed by atoms with E-state index < -0.39 is 29.5 Å². The summed E-state index contributed by atoms with van der Waals surface area (Å²) in [6, 6.07) is 0.421. The zero-order valence-corrected chi connectivity index (χ0v) is 8.65. The summed E-state index contributed by atoms with van der Waals surface area (Å²) >= 11 is 0. The average Bonchev–Trinajstić information content (AvgIpc) is 2.14. The van der Waals surface area contributed by atoms with E-state index in [-0.39, 0.29) is 11.6 Å². The van der Waals surface area contributed by atoms with Gasteiger partial charge < -0.3 is 5.73 Å². The van der Waals surface area contributed by atoms with Crippen LogP contribution < -0.4 is 5.73 Å². The van der Waals surface area contributed by atoms with Gasteiger partial charge in [0.25, 0.3) is 0 Å². The maximum atomic E-state index is 12.4. The Morgan fingerprint density at radius 1 is 0.882 bits per heavy atom. The lowest BCUT2D eigenvalue weighted by molar-refractivity contribution is -0.143. The molecule has 0 fully saturated rings. The average molecular weight is 257 g/mol. The molecule has 17 heavy (non-hydrogen) atoms. The first-order valence-electron chi connectivity index (χ1n) is 4.57. The summed E-state index contributed by atoms with van der Waals surface area (Å²) in [5, 5.41) is 0. The monoisotopic (exact) mass is 257 g/mol. The molecule has 1 atom stereocenters. The van der Waals surface area contributed by atoms with Gasteiger partial charge in [0.1, 0.15) is 0 Å². The van der Waals surface area contributed by atoms with Crippen molar-refractivity contribution in [2.45, 2.75) is 25.3 Å². The zero-order chi connectivity index (χ0) is 13.4. The van der Waals surface area contributed by atoms with E-state index in [0.29, 0.717) is 12.1 Å². The molecular formula is C10H9F6N. The Morgan fingerprint density at radius 2 is 1.24 bits per heavy atom. The summed E-state index contributed by atoms with van der Waals surface area (Å²) in [6.07, 6.45) is -9.66. The van der Waals surface area contributed by atoms with Crippen LogP contribution in [0.3, 0.4) is 0 Å². The lowest BCUT2D eigenvalue weighted by atomic mass is 10.0. The molecule has 0 radical (unpaired) electrons. The Labute approximate surface area is 93.2 Å². The number of nitrogens with two attached hydrogens (primary N) is 1. The van der Waals surface area contributed by atoms with Crippen LogP contribution in [-0.4, -0.2) is 0 Å². The highest BCUT2D eigenvalue weighted by Gasteiger charge is 2.37. The molecule has 2 N–H and O–H groups in total. The van der Waals surface area contributed by atoms with Gasteiger partial charge in [-0.05, 0) is 30.7 Å². The molecule has 1 rings (SSSR count). The maximum Gasteiger partial charge on any atom is 0.416 e. The minimum atomic E-state index is -4.83. The summed E-state index contributed by atoms with van der Waals surface area (Å²) in [5.41, 5.74) is 2.41. The molecule has 0 aliphatic rings. The molecule has 0 aliphatic carbocycles. The van der Waals surface area contributed by atoms with Gasteiger partial charge in [0.05, 0.1) is 11.1 Å². The molecule has 96 valence electrons. The summed E-state index contributed by atoms with van der Waals surface area (Å²) in [4.78, 5) is 0. The standard InChI is InChI=1S/C10H9F6N/c1-5(17)6-2-7(9(11,12)13)4-8(3-6)10(14,15)16/h2-5H,17H2,1H3. The second-order valence-corrected chi connectivity index (χ2v) is 3.63. The van der Waals surface area contributed by atoms with Gasteiger partial charge in [0.15, 0.2) is 0 Å². The molecule has 1 nitrogen and oxygen atoms in total. The molecule has 1 unspecified atom stereocenters.